The monoisotopic (exact) mass is 416 g/mol. The summed E-state index contributed by atoms with van der Waals surface area (Å²) >= 11 is 0. The van der Waals surface area contributed by atoms with Gasteiger partial charge in [0, 0.05) is 30.4 Å². The first-order chi connectivity index (χ1) is 14.1. The maximum Gasteiger partial charge on any atom is 0.416 e. The van der Waals surface area contributed by atoms with Crippen molar-refractivity contribution in [3.05, 3.63) is 59.2 Å². The van der Waals surface area contributed by atoms with Crippen LogP contribution in [0.3, 0.4) is 0 Å². The highest BCUT2D eigenvalue weighted by Gasteiger charge is 2.31. The van der Waals surface area contributed by atoms with Gasteiger partial charge in [0.05, 0.1) is 22.8 Å². The molecule has 3 heterocycles. The first-order valence-electron chi connectivity index (χ1n) is 9.19. The van der Waals surface area contributed by atoms with Gasteiger partial charge in [-0.15, -0.1) is 0 Å². The zero-order valence-corrected chi connectivity index (χ0v) is 16.4. The number of nitrogens with zero attached hydrogens (tertiary/aromatic N) is 3. The number of rotatable bonds is 4. The van der Waals surface area contributed by atoms with Crippen LogP contribution in [0.15, 0.2) is 36.7 Å². The fraction of sp³-hybridized carbons (Fsp3) is 0.250. The Balaban J connectivity index is 1.62. The van der Waals surface area contributed by atoms with Crippen LogP contribution in [0.5, 0.6) is 0 Å². The van der Waals surface area contributed by atoms with Crippen LogP contribution < -0.4 is 5.32 Å². The van der Waals surface area contributed by atoms with E-state index in [4.69, 9.17) is 0 Å². The van der Waals surface area contributed by atoms with Crippen molar-refractivity contribution in [3.8, 4) is 11.3 Å². The third-order valence-electron chi connectivity index (χ3n) is 5.04. The van der Waals surface area contributed by atoms with E-state index in [1.54, 1.807) is 31.0 Å². The van der Waals surface area contributed by atoms with E-state index in [0.29, 0.717) is 27.9 Å². The second kappa shape index (κ2) is 7.05. The predicted octanol–water partition coefficient (Wildman–Crippen LogP) is 4.11. The van der Waals surface area contributed by atoms with E-state index in [9.17, 15) is 18.0 Å². The summed E-state index contributed by atoms with van der Waals surface area (Å²) in [6, 6.07) is 4.95. The summed E-state index contributed by atoms with van der Waals surface area (Å²) in [5, 5.41) is 14.5. The Kier molecular flexibility index (Phi) is 4.64. The van der Waals surface area contributed by atoms with Crippen LogP contribution in [0, 0.1) is 6.92 Å². The van der Waals surface area contributed by atoms with E-state index in [0.717, 1.165) is 17.8 Å². The van der Waals surface area contributed by atoms with E-state index in [-0.39, 0.29) is 17.5 Å². The molecule has 0 bridgehead atoms. The minimum atomic E-state index is -4.43. The van der Waals surface area contributed by atoms with E-state index in [1.165, 1.54) is 6.07 Å². The van der Waals surface area contributed by atoms with Crippen molar-refractivity contribution in [1.82, 2.24) is 30.3 Å². The molecule has 0 fully saturated rings. The first-order valence-corrected chi connectivity index (χ1v) is 9.19. The van der Waals surface area contributed by atoms with Crippen molar-refractivity contribution in [2.75, 3.05) is 0 Å². The van der Waals surface area contributed by atoms with Crippen molar-refractivity contribution >= 4 is 16.8 Å². The van der Waals surface area contributed by atoms with Gasteiger partial charge in [0.1, 0.15) is 11.4 Å². The molecule has 0 saturated carbocycles. The Morgan fingerprint density at radius 1 is 1.27 bits per heavy atom. The summed E-state index contributed by atoms with van der Waals surface area (Å²) in [4.78, 5) is 15.7. The van der Waals surface area contributed by atoms with Gasteiger partial charge in [-0.05, 0) is 43.7 Å². The number of aromatic amines is 2. The molecule has 1 aromatic carbocycles. The third kappa shape index (κ3) is 3.44. The molecule has 0 aliphatic rings. The van der Waals surface area contributed by atoms with Crippen LogP contribution in [0.1, 0.15) is 40.3 Å². The number of amides is 1. The van der Waals surface area contributed by atoms with Crippen LogP contribution >= 0.6 is 0 Å². The van der Waals surface area contributed by atoms with E-state index >= 15 is 0 Å². The highest BCUT2D eigenvalue weighted by atomic mass is 19.4. The van der Waals surface area contributed by atoms with Gasteiger partial charge in [0.15, 0.2) is 0 Å². The zero-order chi connectivity index (χ0) is 21.6. The molecule has 4 rings (SSSR count). The summed E-state index contributed by atoms with van der Waals surface area (Å²) in [5.41, 5.74) is 2.37. The summed E-state index contributed by atoms with van der Waals surface area (Å²) in [6.07, 6.45) is -1.01. The third-order valence-corrected chi connectivity index (χ3v) is 5.04. The summed E-state index contributed by atoms with van der Waals surface area (Å²) in [5.74, 6) is -0.309. The highest BCUT2D eigenvalue weighted by Crippen LogP contribution is 2.35. The lowest BCUT2D eigenvalue weighted by Gasteiger charge is -2.11. The average Bonchev–Trinajstić information content (AvgIpc) is 3.38. The molecule has 0 radical (unpaired) electrons. The van der Waals surface area contributed by atoms with Gasteiger partial charge in [-0.25, -0.2) is 0 Å². The molecule has 3 N–H and O–H groups in total. The Hall–Kier alpha value is -3.56. The van der Waals surface area contributed by atoms with Crippen LogP contribution in [-0.2, 0) is 13.2 Å². The molecular weight excluding hydrogens is 397 g/mol. The number of fused-ring (bicyclic) bond motifs is 1. The fourth-order valence-electron chi connectivity index (χ4n) is 3.39. The molecule has 1 amide bonds. The molecule has 4 aromatic rings. The zero-order valence-electron chi connectivity index (χ0n) is 16.4. The van der Waals surface area contributed by atoms with E-state index in [2.05, 4.69) is 25.6 Å². The molecule has 30 heavy (non-hydrogen) atoms. The average molecular weight is 416 g/mol. The number of aryl methyl sites for hydroxylation is 1. The van der Waals surface area contributed by atoms with Crippen LogP contribution in [-0.4, -0.2) is 30.9 Å². The standard InChI is InChI=1S/C20H19F3N6O/c1-10-14(18-13-5-4-12(20(21,22)23)8-16(13)26-27-18)9-24-17(10)19(30)25-11(2)15-6-7-29(3)28-15/h4-9,11,24H,1-3H3,(H,25,30)(H,26,27). The van der Waals surface area contributed by atoms with Gasteiger partial charge < -0.3 is 10.3 Å². The topological polar surface area (TPSA) is 91.4 Å². The Labute approximate surface area is 169 Å². The normalized spacial score (nSPS) is 13.0. The molecule has 0 saturated heterocycles. The number of carbonyl (C=O) groups is 1. The number of H-pyrrole nitrogens is 2. The Bertz CT molecular complexity index is 1230. The van der Waals surface area contributed by atoms with Gasteiger partial charge >= 0.3 is 6.18 Å². The van der Waals surface area contributed by atoms with Crippen molar-refractivity contribution in [2.24, 2.45) is 7.05 Å². The second-order valence-electron chi connectivity index (χ2n) is 7.14. The minimum absolute atomic E-state index is 0.273. The number of nitrogens with one attached hydrogen (secondary N) is 3. The molecule has 7 nitrogen and oxygen atoms in total. The summed E-state index contributed by atoms with van der Waals surface area (Å²) < 4.78 is 40.5. The van der Waals surface area contributed by atoms with Crippen LogP contribution in [0.2, 0.25) is 0 Å². The summed E-state index contributed by atoms with van der Waals surface area (Å²) in [7, 11) is 1.80. The van der Waals surface area contributed by atoms with Crippen LogP contribution in [0.25, 0.3) is 22.2 Å². The smallest absolute Gasteiger partial charge is 0.356 e. The molecule has 156 valence electrons. The fourth-order valence-corrected chi connectivity index (χ4v) is 3.39. The number of aromatic nitrogens is 5. The molecule has 0 aliphatic heterocycles. The Morgan fingerprint density at radius 2 is 2.03 bits per heavy atom. The van der Waals surface area contributed by atoms with Crippen molar-refractivity contribution in [1.29, 1.82) is 0 Å². The number of hydrogen-bond acceptors (Lipinski definition) is 3. The van der Waals surface area contributed by atoms with Gasteiger partial charge in [0.2, 0.25) is 0 Å². The molecule has 0 aliphatic carbocycles. The highest BCUT2D eigenvalue weighted by molar-refractivity contribution is 5.99. The van der Waals surface area contributed by atoms with Crippen LogP contribution in [0.4, 0.5) is 13.2 Å². The largest absolute Gasteiger partial charge is 0.416 e. The predicted molar refractivity (Wildman–Crippen MR) is 105 cm³/mol. The SMILES string of the molecule is Cc1c(-c2n[nH]c3cc(C(F)(F)F)ccc23)c[nH]c1C(=O)NC(C)c1ccn(C)n1. The minimum Gasteiger partial charge on any atom is -0.356 e. The first kappa shape index (κ1) is 19.7. The molecule has 0 spiro atoms. The molecule has 1 unspecified atom stereocenters. The maximum atomic E-state index is 12.9. The van der Waals surface area contributed by atoms with E-state index < -0.39 is 11.7 Å². The molecular formula is C20H19F3N6O. The number of benzene rings is 1. The number of halogens is 3. The Morgan fingerprint density at radius 3 is 2.70 bits per heavy atom. The van der Waals surface area contributed by atoms with Gasteiger partial charge in [-0.3, -0.25) is 14.6 Å². The number of carbonyl (C=O) groups excluding carboxylic acids is 1. The second-order valence-corrected chi connectivity index (χ2v) is 7.14. The molecule has 3 aromatic heterocycles. The quantitative estimate of drug-likeness (QED) is 0.468. The van der Waals surface area contributed by atoms with E-state index in [1.807, 2.05) is 13.0 Å². The number of alkyl halides is 3. The van der Waals surface area contributed by atoms with Gasteiger partial charge in [-0.2, -0.15) is 23.4 Å². The van der Waals surface area contributed by atoms with Crippen molar-refractivity contribution in [2.45, 2.75) is 26.1 Å². The van der Waals surface area contributed by atoms with Crippen molar-refractivity contribution in [3.63, 3.8) is 0 Å². The van der Waals surface area contributed by atoms with Crippen molar-refractivity contribution < 1.29 is 18.0 Å². The van der Waals surface area contributed by atoms with Gasteiger partial charge in [-0.1, -0.05) is 0 Å². The lowest BCUT2D eigenvalue weighted by atomic mass is 10.0. The van der Waals surface area contributed by atoms with Gasteiger partial charge in [0.25, 0.3) is 5.91 Å². The lowest BCUT2D eigenvalue weighted by Crippen LogP contribution is -2.27. The summed E-state index contributed by atoms with van der Waals surface area (Å²) in [6.45, 7) is 3.59. The molecule has 10 heteroatoms. The lowest BCUT2D eigenvalue weighted by molar-refractivity contribution is -0.137. The molecule has 1 atom stereocenters. The number of hydrogen-bond donors (Lipinski definition) is 3. The maximum absolute atomic E-state index is 12.9.